The van der Waals surface area contributed by atoms with E-state index in [1.807, 2.05) is 12.1 Å². The van der Waals surface area contributed by atoms with Crippen LogP contribution in [0, 0.1) is 0 Å². The van der Waals surface area contributed by atoms with E-state index in [2.05, 4.69) is 9.97 Å². The van der Waals surface area contributed by atoms with Gasteiger partial charge in [-0.25, -0.2) is 4.98 Å². The summed E-state index contributed by atoms with van der Waals surface area (Å²) < 4.78 is 5.49. The molecule has 0 saturated carbocycles. The molecule has 1 aromatic heterocycles. The molecule has 0 aliphatic heterocycles. The van der Waals surface area contributed by atoms with Crippen molar-refractivity contribution in [1.82, 2.24) is 9.97 Å². The van der Waals surface area contributed by atoms with Crippen LogP contribution in [0.25, 0.3) is 0 Å². The fourth-order valence-electron chi connectivity index (χ4n) is 1.18. The number of nitrogens with zero attached hydrogens (tertiary/aromatic N) is 2. The summed E-state index contributed by atoms with van der Waals surface area (Å²) in [5.41, 5.74) is 7.03. The molecule has 0 fully saturated rings. The molecule has 1 heterocycles. The maximum atomic E-state index is 5.73. The summed E-state index contributed by atoms with van der Waals surface area (Å²) >= 11 is 5.62. The molecule has 2 N–H and O–H groups in total. The van der Waals surface area contributed by atoms with Crippen molar-refractivity contribution < 1.29 is 4.74 Å². The first-order chi connectivity index (χ1) is 7.75. The van der Waals surface area contributed by atoms with Gasteiger partial charge in [0.1, 0.15) is 17.5 Å². The highest BCUT2D eigenvalue weighted by molar-refractivity contribution is 6.29. The molecule has 1 aromatic carbocycles. The zero-order valence-corrected chi connectivity index (χ0v) is 9.19. The Labute approximate surface area is 98.0 Å². The van der Waals surface area contributed by atoms with Crippen LogP contribution in [0.1, 0.15) is 5.69 Å². The first-order valence-electron chi connectivity index (χ1n) is 4.69. The van der Waals surface area contributed by atoms with Gasteiger partial charge in [-0.15, -0.1) is 0 Å². The Balaban J connectivity index is 2.02. The van der Waals surface area contributed by atoms with Gasteiger partial charge in [-0.05, 0) is 12.1 Å². The lowest BCUT2D eigenvalue weighted by Crippen LogP contribution is -2.00. The lowest BCUT2D eigenvalue weighted by molar-refractivity contribution is 0.302. The van der Waals surface area contributed by atoms with Crippen molar-refractivity contribution in [3.05, 3.63) is 47.5 Å². The van der Waals surface area contributed by atoms with Crippen molar-refractivity contribution in [2.75, 3.05) is 5.73 Å². The quantitative estimate of drug-likeness (QED) is 0.830. The normalized spacial score (nSPS) is 10.1. The van der Waals surface area contributed by atoms with Gasteiger partial charge in [0.2, 0.25) is 0 Å². The van der Waals surface area contributed by atoms with E-state index in [0.29, 0.717) is 28.9 Å². The molecular weight excluding hydrogens is 226 g/mol. The van der Waals surface area contributed by atoms with Gasteiger partial charge in [-0.2, -0.15) is 0 Å². The van der Waals surface area contributed by atoms with Gasteiger partial charge >= 0.3 is 0 Å². The highest BCUT2D eigenvalue weighted by Crippen LogP contribution is 2.20. The van der Waals surface area contributed by atoms with E-state index in [-0.39, 0.29) is 0 Å². The molecule has 0 spiro atoms. The van der Waals surface area contributed by atoms with Gasteiger partial charge in [0.15, 0.2) is 0 Å². The molecule has 2 aromatic rings. The van der Waals surface area contributed by atoms with E-state index in [1.165, 1.54) is 6.20 Å². The van der Waals surface area contributed by atoms with E-state index < -0.39 is 0 Å². The van der Waals surface area contributed by atoms with Gasteiger partial charge in [-0.1, -0.05) is 23.7 Å². The fourth-order valence-corrected chi connectivity index (χ4v) is 1.27. The van der Waals surface area contributed by atoms with Crippen LogP contribution in [-0.2, 0) is 6.61 Å². The minimum atomic E-state index is 0.318. The van der Waals surface area contributed by atoms with Gasteiger partial charge in [0.25, 0.3) is 0 Å². The van der Waals surface area contributed by atoms with Crippen LogP contribution in [0.3, 0.4) is 0 Å². The van der Waals surface area contributed by atoms with E-state index in [0.717, 1.165) is 0 Å². The number of para-hydroxylation sites is 2. The second-order valence-corrected chi connectivity index (χ2v) is 3.54. The molecule has 0 atom stereocenters. The molecule has 4 nitrogen and oxygen atoms in total. The number of ether oxygens (including phenoxy) is 1. The molecule has 0 aliphatic carbocycles. The second kappa shape index (κ2) is 4.81. The smallest absolute Gasteiger partial charge is 0.147 e. The molecule has 0 unspecified atom stereocenters. The topological polar surface area (TPSA) is 61.0 Å². The summed E-state index contributed by atoms with van der Waals surface area (Å²) in [5.74, 6) is 0.638. The summed E-state index contributed by atoms with van der Waals surface area (Å²) in [4.78, 5) is 7.97. The largest absolute Gasteiger partial charge is 0.485 e. The average Bonchev–Trinajstić information content (AvgIpc) is 2.30. The zero-order valence-electron chi connectivity index (χ0n) is 8.43. The predicted octanol–water partition coefficient (Wildman–Crippen LogP) is 2.29. The molecule has 0 amide bonds. The number of nitrogens with two attached hydrogens (primary N) is 1. The summed E-state index contributed by atoms with van der Waals surface area (Å²) in [5, 5.41) is 0.364. The minimum Gasteiger partial charge on any atom is -0.485 e. The molecule has 0 radical (unpaired) electrons. The van der Waals surface area contributed by atoms with Crippen LogP contribution in [0.4, 0.5) is 5.69 Å². The van der Waals surface area contributed by atoms with Crippen molar-refractivity contribution in [2.45, 2.75) is 6.61 Å². The van der Waals surface area contributed by atoms with E-state index in [1.54, 1.807) is 18.3 Å². The predicted molar refractivity (Wildman–Crippen MR) is 62.2 cm³/mol. The Morgan fingerprint density at radius 2 is 2.00 bits per heavy atom. The Bertz CT molecular complexity index is 473. The van der Waals surface area contributed by atoms with Crippen LogP contribution >= 0.6 is 11.6 Å². The zero-order chi connectivity index (χ0) is 11.4. The summed E-state index contributed by atoms with van der Waals surface area (Å²) in [7, 11) is 0. The fraction of sp³-hybridized carbons (Fsp3) is 0.0909. The first-order valence-corrected chi connectivity index (χ1v) is 5.07. The third-order valence-electron chi connectivity index (χ3n) is 1.97. The van der Waals surface area contributed by atoms with Crippen molar-refractivity contribution >= 4 is 17.3 Å². The molecule has 0 bridgehead atoms. The van der Waals surface area contributed by atoms with Crippen molar-refractivity contribution in [3.8, 4) is 5.75 Å². The Hall–Kier alpha value is -1.81. The third kappa shape index (κ3) is 2.61. The van der Waals surface area contributed by atoms with Gasteiger partial charge < -0.3 is 10.5 Å². The Morgan fingerprint density at radius 3 is 2.69 bits per heavy atom. The molecule has 0 aliphatic rings. The lowest BCUT2D eigenvalue weighted by Gasteiger charge is -2.07. The van der Waals surface area contributed by atoms with Crippen LogP contribution in [-0.4, -0.2) is 9.97 Å². The van der Waals surface area contributed by atoms with E-state index in [9.17, 15) is 0 Å². The maximum Gasteiger partial charge on any atom is 0.147 e. The monoisotopic (exact) mass is 235 g/mol. The van der Waals surface area contributed by atoms with Gasteiger partial charge in [0, 0.05) is 0 Å². The van der Waals surface area contributed by atoms with E-state index in [4.69, 9.17) is 22.1 Å². The molecule has 0 saturated heterocycles. The molecule has 2 rings (SSSR count). The summed E-state index contributed by atoms with van der Waals surface area (Å²) in [6.45, 7) is 0.318. The summed E-state index contributed by atoms with van der Waals surface area (Å²) in [6.07, 6.45) is 3.05. The van der Waals surface area contributed by atoms with Crippen molar-refractivity contribution in [1.29, 1.82) is 0 Å². The molecule has 82 valence electrons. The number of halogens is 1. The Morgan fingerprint density at radius 1 is 1.19 bits per heavy atom. The molecule has 5 heteroatoms. The Kier molecular flexibility index (Phi) is 3.22. The van der Waals surface area contributed by atoms with Crippen molar-refractivity contribution in [2.24, 2.45) is 0 Å². The lowest BCUT2D eigenvalue weighted by atomic mass is 10.3. The van der Waals surface area contributed by atoms with Crippen LogP contribution < -0.4 is 10.5 Å². The van der Waals surface area contributed by atoms with Crippen LogP contribution in [0.2, 0.25) is 5.15 Å². The van der Waals surface area contributed by atoms with E-state index >= 15 is 0 Å². The number of hydrogen-bond donors (Lipinski definition) is 1. The number of hydrogen-bond acceptors (Lipinski definition) is 4. The van der Waals surface area contributed by atoms with Crippen LogP contribution in [0.5, 0.6) is 5.75 Å². The average molecular weight is 236 g/mol. The molecule has 16 heavy (non-hydrogen) atoms. The maximum absolute atomic E-state index is 5.73. The second-order valence-electron chi connectivity index (χ2n) is 3.16. The van der Waals surface area contributed by atoms with Crippen LogP contribution in [0.15, 0.2) is 36.7 Å². The number of anilines is 1. The number of benzene rings is 1. The third-order valence-corrected chi connectivity index (χ3v) is 2.16. The number of rotatable bonds is 3. The molecular formula is C11H10ClN3O. The van der Waals surface area contributed by atoms with Gasteiger partial charge in [0.05, 0.1) is 23.8 Å². The highest BCUT2D eigenvalue weighted by Gasteiger charge is 2.00. The van der Waals surface area contributed by atoms with Gasteiger partial charge in [-0.3, -0.25) is 4.98 Å². The minimum absolute atomic E-state index is 0.318. The summed E-state index contributed by atoms with van der Waals surface area (Å²) in [6, 6.07) is 7.30. The first kappa shape index (κ1) is 10.7. The SMILES string of the molecule is Nc1ccccc1OCc1cnc(Cl)cn1. The standard InChI is InChI=1S/C11H10ClN3O/c12-11-6-14-8(5-15-11)7-16-10-4-2-1-3-9(10)13/h1-6H,7,13H2. The number of nitrogen functional groups attached to an aromatic ring is 1. The number of aromatic nitrogens is 2. The highest BCUT2D eigenvalue weighted by atomic mass is 35.5. The van der Waals surface area contributed by atoms with Crippen molar-refractivity contribution in [3.63, 3.8) is 0 Å².